The smallest absolute Gasteiger partial charge is 0.319 e. The number of hydrogen-bond donors (Lipinski definition) is 2. The molecule has 0 aliphatic carbocycles. The van der Waals surface area contributed by atoms with E-state index in [2.05, 4.69) is 10.6 Å². The van der Waals surface area contributed by atoms with Gasteiger partial charge in [-0.2, -0.15) is 11.3 Å². The average molecular weight is 250 g/mol. The summed E-state index contributed by atoms with van der Waals surface area (Å²) in [5, 5.41) is 8.99. The predicted molar refractivity (Wildman–Crippen MR) is 66.6 cm³/mol. The van der Waals surface area contributed by atoms with Crippen molar-refractivity contribution >= 4 is 23.1 Å². The van der Waals surface area contributed by atoms with Crippen molar-refractivity contribution in [1.82, 2.24) is 5.32 Å². The summed E-state index contributed by atoms with van der Waals surface area (Å²) in [5.41, 5.74) is 1.20. The Morgan fingerprint density at radius 3 is 2.82 bits per heavy atom. The van der Waals surface area contributed by atoms with E-state index in [0.29, 0.717) is 6.54 Å². The second-order valence-corrected chi connectivity index (χ2v) is 4.20. The van der Waals surface area contributed by atoms with Crippen molar-refractivity contribution in [1.29, 1.82) is 0 Å². The van der Waals surface area contributed by atoms with E-state index in [1.165, 1.54) is 12.1 Å². The Labute approximate surface area is 102 Å². The fourth-order valence-corrected chi connectivity index (χ4v) is 1.97. The van der Waals surface area contributed by atoms with Gasteiger partial charge < -0.3 is 10.6 Å². The van der Waals surface area contributed by atoms with E-state index in [9.17, 15) is 9.18 Å². The van der Waals surface area contributed by atoms with Crippen LogP contribution in [0.15, 0.2) is 41.1 Å². The Bertz CT molecular complexity index is 499. The van der Waals surface area contributed by atoms with E-state index in [-0.39, 0.29) is 5.69 Å². The second kappa shape index (κ2) is 5.45. The van der Waals surface area contributed by atoms with Crippen molar-refractivity contribution in [2.24, 2.45) is 0 Å². The lowest BCUT2D eigenvalue weighted by atomic mass is 10.3. The zero-order chi connectivity index (χ0) is 12.1. The number of amides is 2. The highest BCUT2D eigenvalue weighted by molar-refractivity contribution is 7.07. The SMILES string of the molecule is O=C(NCc1ccsc1)Nc1ccccc1F. The molecule has 1 heterocycles. The number of hydrogen-bond acceptors (Lipinski definition) is 2. The lowest BCUT2D eigenvalue weighted by molar-refractivity contribution is 0.251. The lowest BCUT2D eigenvalue weighted by Crippen LogP contribution is -2.28. The van der Waals surface area contributed by atoms with Crippen LogP contribution >= 0.6 is 11.3 Å². The molecule has 0 fully saturated rings. The zero-order valence-electron chi connectivity index (χ0n) is 8.94. The normalized spacial score (nSPS) is 9.94. The summed E-state index contributed by atoms with van der Waals surface area (Å²) in [6.45, 7) is 0.434. The van der Waals surface area contributed by atoms with Crippen molar-refractivity contribution in [3.8, 4) is 0 Å². The number of halogens is 1. The molecule has 2 rings (SSSR count). The molecule has 2 aromatic rings. The Hall–Kier alpha value is -1.88. The number of benzene rings is 1. The van der Waals surface area contributed by atoms with E-state index < -0.39 is 11.8 Å². The average Bonchev–Trinajstić information content (AvgIpc) is 2.82. The number of carbonyl (C=O) groups excluding carboxylic acids is 1. The fraction of sp³-hybridized carbons (Fsp3) is 0.0833. The van der Waals surface area contributed by atoms with Crippen LogP contribution in [0.2, 0.25) is 0 Å². The minimum atomic E-state index is -0.446. The number of nitrogens with one attached hydrogen (secondary N) is 2. The van der Waals surface area contributed by atoms with E-state index in [1.807, 2.05) is 16.8 Å². The molecule has 1 aromatic carbocycles. The minimum Gasteiger partial charge on any atom is -0.334 e. The molecule has 0 radical (unpaired) electrons. The monoisotopic (exact) mass is 250 g/mol. The highest BCUT2D eigenvalue weighted by atomic mass is 32.1. The molecule has 88 valence electrons. The first kappa shape index (κ1) is 11.6. The maximum absolute atomic E-state index is 13.2. The second-order valence-electron chi connectivity index (χ2n) is 3.42. The van der Waals surface area contributed by atoms with Crippen molar-refractivity contribution < 1.29 is 9.18 Å². The summed E-state index contributed by atoms with van der Waals surface area (Å²) in [6.07, 6.45) is 0. The summed E-state index contributed by atoms with van der Waals surface area (Å²) in [6, 6.07) is 7.56. The lowest BCUT2D eigenvalue weighted by Gasteiger charge is -2.07. The van der Waals surface area contributed by atoms with Crippen LogP contribution in [0.3, 0.4) is 0 Å². The molecule has 0 aliphatic heterocycles. The topological polar surface area (TPSA) is 41.1 Å². The number of anilines is 1. The summed E-state index contributed by atoms with van der Waals surface area (Å²) in [4.78, 5) is 11.5. The Kier molecular flexibility index (Phi) is 3.72. The van der Waals surface area contributed by atoms with Crippen LogP contribution in [0.5, 0.6) is 0 Å². The van der Waals surface area contributed by atoms with Gasteiger partial charge in [0.15, 0.2) is 0 Å². The summed E-state index contributed by atoms with van der Waals surface area (Å²) < 4.78 is 13.2. The van der Waals surface area contributed by atoms with Gasteiger partial charge in [-0.1, -0.05) is 12.1 Å². The molecule has 0 saturated heterocycles. The third-order valence-corrected chi connectivity index (χ3v) is 2.89. The molecule has 0 aliphatic rings. The van der Waals surface area contributed by atoms with Gasteiger partial charge in [0.1, 0.15) is 5.82 Å². The molecule has 0 saturated carbocycles. The maximum Gasteiger partial charge on any atom is 0.319 e. The molecular formula is C12H11FN2OS. The molecule has 0 atom stereocenters. The highest BCUT2D eigenvalue weighted by Gasteiger charge is 2.05. The number of thiophene rings is 1. The standard InChI is InChI=1S/C12H11FN2OS/c13-10-3-1-2-4-11(10)15-12(16)14-7-9-5-6-17-8-9/h1-6,8H,7H2,(H2,14,15,16). The van der Waals surface area contributed by atoms with E-state index >= 15 is 0 Å². The van der Waals surface area contributed by atoms with Crippen molar-refractivity contribution in [3.05, 3.63) is 52.5 Å². The van der Waals surface area contributed by atoms with Crippen molar-refractivity contribution in [2.45, 2.75) is 6.54 Å². The number of urea groups is 1. The third-order valence-electron chi connectivity index (χ3n) is 2.16. The third kappa shape index (κ3) is 3.29. The molecular weight excluding hydrogens is 239 g/mol. The predicted octanol–water partition coefficient (Wildman–Crippen LogP) is 3.21. The highest BCUT2D eigenvalue weighted by Crippen LogP contribution is 2.12. The van der Waals surface area contributed by atoms with Crippen molar-refractivity contribution in [2.75, 3.05) is 5.32 Å². The number of carbonyl (C=O) groups is 1. The summed E-state index contributed by atoms with van der Waals surface area (Å²) in [5.74, 6) is -0.446. The Balaban J connectivity index is 1.87. The molecule has 5 heteroatoms. The van der Waals surface area contributed by atoms with Crippen molar-refractivity contribution in [3.63, 3.8) is 0 Å². The Morgan fingerprint density at radius 1 is 1.29 bits per heavy atom. The van der Waals surface area contributed by atoms with Gasteiger partial charge in [0, 0.05) is 6.54 Å². The molecule has 0 bridgehead atoms. The number of rotatable bonds is 3. The first-order valence-corrected chi connectivity index (χ1v) is 6.00. The molecule has 2 amide bonds. The van der Waals surface area contributed by atoms with Gasteiger partial charge >= 0.3 is 6.03 Å². The van der Waals surface area contributed by atoms with Gasteiger partial charge in [-0.05, 0) is 34.5 Å². The van der Waals surface area contributed by atoms with Crippen LogP contribution in [-0.4, -0.2) is 6.03 Å². The first-order chi connectivity index (χ1) is 8.25. The maximum atomic E-state index is 13.2. The van der Waals surface area contributed by atoms with Gasteiger partial charge in [0.25, 0.3) is 0 Å². The van der Waals surface area contributed by atoms with E-state index in [0.717, 1.165) is 5.56 Å². The largest absolute Gasteiger partial charge is 0.334 e. The molecule has 0 spiro atoms. The summed E-state index contributed by atoms with van der Waals surface area (Å²) >= 11 is 1.57. The summed E-state index contributed by atoms with van der Waals surface area (Å²) in [7, 11) is 0. The first-order valence-electron chi connectivity index (χ1n) is 5.06. The zero-order valence-corrected chi connectivity index (χ0v) is 9.76. The Morgan fingerprint density at radius 2 is 2.12 bits per heavy atom. The number of para-hydroxylation sites is 1. The molecule has 3 nitrogen and oxygen atoms in total. The minimum absolute atomic E-state index is 0.176. The van der Waals surface area contributed by atoms with Gasteiger partial charge in [0.2, 0.25) is 0 Å². The van der Waals surface area contributed by atoms with E-state index in [1.54, 1.807) is 23.5 Å². The van der Waals surface area contributed by atoms with Crippen LogP contribution in [0.4, 0.5) is 14.9 Å². The molecule has 0 unspecified atom stereocenters. The van der Waals surface area contributed by atoms with Crippen LogP contribution in [0.1, 0.15) is 5.56 Å². The molecule has 2 N–H and O–H groups in total. The van der Waals surface area contributed by atoms with Gasteiger partial charge in [-0.25, -0.2) is 9.18 Å². The van der Waals surface area contributed by atoms with E-state index in [4.69, 9.17) is 0 Å². The van der Waals surface area contributed by atoms with Gasteiger partial charge in [0.05, 0.1) is 5.69 Å². The van der Waals surface area contributed by atoms with Gasteiger partial charge in [-0.3, -0.25) is 0 Å². The fourth-order valence-electron chi connectivity index (χ4n) is 1.30. The van der Waals surface area contributed by atoms with Crippen LogP contribution in [-0.2, 0) is 6.54 Å². The van der Waals surface area contributed by atoms with Crippen LogP contribution in [0.25, 0.3) is 0 Å². The van der Waals surface area contributed by atoms with Gasteiger partial charge in [-0.15, -0.1) is 0 Å². The molecule has 1 aromatic heterocycles. The van der Waals surface area contributed by atoms with Crippen LogP contribution < -0.4 is 10.6 Å². The molecule has 17 heavy (non-hydrogen) atoms. The van der Waals surface area contributed by atoms with Crippen LogP contribution in [0, 0.1) is 5.82 Å². The quantitative estimate of drug-likeness (QED) is 0.862.